The van der Waals surface area contributed by atoms with E-state index in [0.29, 0.717) is 13.0 Å². The van der Waals surface area contributed by atoms with E-state index in [1.165, 1.54) is 44.9 Å². The highest BCUT2D eigenvalue weighted by Gasteiger charge is 2.18. The highest BCUT2D eigenvalue weighted by molar-refractivity contribution is 6.67. The first-order valence-corrected chi connectivity index (χ1v) is 9.32. The van der Waals surface area contributed by atoms with Crippen LogP contribution in [0.2, 0.25) is 0 Å². The molecule has 0 amide bonds. The highest BCUT2D eigenvalue weighted by Crippen LogP contribution is 2.31. The number of unbranched alkanes of at least 4 members (excludes halogenated alkanes) is 7. The standard InChI is InChI=1S/C14H27Cl3O.C3H6/c1-2-3-4-5-6-7-8-9-12-18-13-10-11-14(15,16)17;1-3-2/h2-13H2,1H3;3H,1H2,2H3. The molecule has 4 heteroatoms. The van der Waals surface area contributed by atoms with Gasteiger partial charge >= 0.3 is 0 Å². The molecule has 0 saturated carbocycles. The maximum Gasteiger partial charge on any atom is 0.190 e. The molecule has 128 valence electrons. The van der Waals surface area contributed by atoms with Gasteiger partial charge in [0.25, 0.3) is 0 Å². The van der Waals surface area contributed by atoms with Crippen molar-refractivity contribution >= 4 is 34.8 Å². The minimum atomic E-state index is -1.12. The lowest BCUT2D eigenvalue weighted by Crippen LogP contribution is -2.05. The second-order valence-corrected chi connectivity index (χ2v) is 7.73. The van der Waals surface area contributed by atoms with Crippen molar-refractivity contribution in [1.29, 1.82) is 0 Å². The molecular weight excluding hydrogens is 327 g/mol. The van der Waals surface area contributed by atoms with Gasteiger partial charge in [0, 0.05) is 13.2 Å². The van der Waals surface area contributed by atoms with E-state index in [1.807, 2.05) is 6.92 Å². The van der Waals surface area contributed by atoms with Crippen molar-refractivity contribution in [3.8, 4) is 0 Å². The highest BCUT2D eigenvalue weighted by atomic mass is 35.6. The maximum atomic E-state index is 5.64. The molecule has 1 nitrogen and oxygen atoms in total. The Morgan fingerprint density at radius 2 is 1.29 bits per heavy atom. The monoisotopic (exact) mass is 358 g/mol. The third-order valence-corrected chi connectivity index (χ3v) is 3.46. The molecule has 0 aliphatic rings. The van der Waals surface area contributed by atoms with E-state index in [2.05, 4.69) is 13.5 Å². The zero-order valence-corrected chi connectivity index (χ0v) is 16.1. The Bertz CT molecular complexity index is 203. The van der Waals surface area contributed by atoms with E-state index in [4.69, 9.17) is 39.5 Å². The van der Waals surface area contributed by atoms with Crippen LogP contribution >= 0.6 is 34.8 Å². The fourth-order valence-electron chi connectivity index (χ4n) is 1.81. The SMILES string of the molecule is C=CC.CCCCCCCCCCOCCCC(Cl)(Cl)Cl. The Hall–Kier alpha value is 0.570. The molecule has 0 bridgehead atoms. The van der Waals surface area contributed by atoms with Crippen molar-refractivity contribution in [3.05, 3.63) is 12.7 Å². The molecule has 0 rings (SSSR count). The molecule has 0 heterocycles. The molecule has 0 atom stereocenters. The van der Waals surface area contributed by atoms with Crippen LogP contribution < -0.4 is 0 Å². The molecule has 0 aromatic heterocycles. The lowest BCUT2D eigenvalue weighted by atomic mass is 10.1. The number of hydrogen-bond acceptors (Lipinski definition) is 1. The lowest BCUT2D eigenvalue weighted by Gasteiger charge is -2.10. The average molecular weight is 360 g/mol. The first kappa shape index (κ1) is 23.8. The third kappa shape index (κ3) is 29.3. The summed E-state index contributed by atoms with van der Waals surface area (Å²) >= 11 is 16.9. The summed E-state index contributed by atoms with van der Waals surface area (Å²) in [5.41, 5.74) is 0. The molecule has 0 aromatic rings. The topological polar surface area (TPSA) is 9.23 Å². The van der Waals surface area contributed by atoms with Gasteiger partial charge in [0.2, 0.25) is 0 Å². The lowest BCUT2D eigenvalue weighted by molar-refractivity contribution is 0.126. The Labute approximate surface area is 147 Å². The molecule has 21 heavy (non-hydrogen) atoms. The zero-order valence-electron chi connectivity index (χ0n) is 13.8. The van der Waals surface area contributed by atoms with Crippen LogP contribution in [-0.2, 0) is 4.74 Å². The largest absolute Gasteiger partial charge is 0.381 e. The quantitative estimate of drug-likeness (QED) is 0.199. The van der Waals surface area contributed by atoms with Gasteiger partial charge in [-0.05, 0) is 26.2 Å². The van der Waals surface area contributed by atoms with Crippen molar-refractivity contribution in [2.45, 2.75) is 81.8 Å². The molecule has 0 fully saturated rings. The van der Waals surface area contributed by atoms with E-state index >= 15 is 0 Å². The van der Waals surface area contributed by atoms with Crippen molar-refractivity contribution in [3.63, 3.8) is 0 Å². The Morgan fingerprint density at radius 3 is 1.76 bits per heavy atom. The first-order chi connectivity index (χ1) is 9.97. The van der Waals surface area contributed by atoms with Gasteiger partial charge in [0.15, 0.2) is 3.79 Å². The third-order valence-electron chi connectivity index (χ3n) is 2.89. The normalized spacial score (nSPS) is 10.9. The van der Waals surface area contributed by atoms with E-state index in [-0.39, 0.29) is 0 Å². The summed E-state index contributed by atoms with van der Waals surface area (Å²) in [6, 6.07) is 0. The van der Waals surface area contributed by atoms with Gasteiger partial charge in [-0.3, -0.25) is 0 Å². The molecule has 0 N–H and O–H groups in total. The van der Waals surface area contributed by atoms with Gasteiger partial charge < -0.3 is 4.74 Å². The summed E-state index contributed by atoms with van der Waals surface area (Å²) in [5.74, 6) is 0. The van der Waals surface area contributed by atoms with Crippen LogP contribution in [-0.4, -0.2) is 17.0 Å². The van der Waals surface area contributed by atoms with E-state index in [1.54, 1.807) is 6.08 Å². The van der Waals surface area contributed by atoms with Crippen molar-refractivity contribution < 1.29 is 4.74 Å². The molecule has 0 radical (unpaired) electrons. The second-order valence-electron chi connectivity index (χ2n) is 5.21. The van der Waals surface area contributed by atoms with Gasteiger partial charge in [0.05, 0.1) is 0 Å². The summed E-state index contributed by atoms with van der Waals surface area (Å²) < 4.78 is 4.38. The van der Waals surface area contributed by atoms with Crippen LogP contribution in [0.5, 0.6) is 0 Å². The maximum absolute atomic E-state index is 5.64. The molecule has 0 aromatic carbocycles. The number of alkyl halides is 3. The van der Waals surface area contributed by atoms with Gasteiger partial charge in [-0.2, -0.15) is 0 Å². The van der Waals surface area contributed by atoms with Crippen LogP contribution in [0, 0.1) is 0 Å². The van der Waals surface area contributed by atoms with Crippen LogP contribution in [0.1, 0.15) is 78.1 Å². The van der Waals surface area contributed by atoms with E-state index < -0.39 is 3.79 Å². The van der Waals surface area contributed by atoms with Gasteiger partial charge in [0.1, 0.15) is 0 Å². The molecule has 0 aliphatic carbocycles. The molecule has 0 spiro atoms. The van der Waals surface area contributed by atoms with Crippen molar-refractivity contribution in [2.75, 3.05) is 13.2 Å². The summed E-state index contributed by atoms with van der Waals surface area (Å²) in [5, 5.41) is 0. The van der Waals surface area contributed by atoms with Crippen LogP contribution in [0.3, 0.4) is 0 Å². The summed E-state index contributed by atoms with van der Waals surface area (Å²) in [7, 11) is 0. The Kier molecular flexibility index (Phi) is 21.1. The average Bonchev–Trinajstić information content (AvgIpc) is 2.40. The van der Waals surface area contributed by atoms with Gasteiger partial charge in [-0.1, -0.05) is 92.7 Å². The number of ether oxygens (including phenoxy) is 1. The second kappa shape index (κ2) is 18.6. The molecular formula is C17H33Cl3O. The number of hydrogen-bond donors (Lipinski definition) is 0. The number of allylic oxidation sites excluding steroid dienone is 1. The van der Waals surface area contributed by atoms with Crippen LogP contribution in [0.15, 0.2) is 12.7 Å². The summed E-state index contributed by atoms with van der Waals surface area (Å²) in [6.07, 6.45) is 13.7. The van der Waals surface area contributed by atoms with Gasteiger partial charge in [-0.15, -0.1) is 6.58 Å². The number of halogens is 3. The summed E-state index contributed by atoms with van der Waals surface area (Å²) in [4.78, 5) is 0. The minimum absolute atomic E-state index is 0.565. The zero-order chi connectivity index (χ0) is 16.4. The predicted molar refractivity (Wildman–Crippen MR) is 98.8 cm³/mol. The van der Waals surface area contributed by atoms with Gasteiger partial charge in [-0.25, -0.2) is 0 Å². The van der Waals surface area contributed by atoms with Crippen molar-refractivity contribution in [1.82, 2.24) is 0 Å². The predicted octanol–water partition coefficient (Wildman–Crippen LogP) is 7.49. The molecule has 0 saturated heterocycles. The van der Waals surface area contributed by atoms with Crippen LogP contribution in [0.25, 0.3) is 0 Å². The Balaban J connectivity index is 0. The first-order valence-electron chi connectivity index (χ1n) is 8.19. The van der Waals surface area contributed by atoms with Crippen molar-refractivity contribution in [2.24, 2.45) is 0 Å². The van der Waals surface area contributed by atoms with E-state index in [0.717, 1.165) is 19.4 Å². The number of rotatable bonds is 12. The Morgan fingerprint density at radius 1 is 0.857 bits per heavy atom. The fourth-order valence-corrected chi connectivity index (χ4v) is 2.22. The minimum Gasteiger partial charge on any atom is -0.381 e. The molecule has 0 aliphatic heterocycles. The van der Waals surface area contributed by atoms with E-state index in [9.17, 15) is 0 Å². The summed E-state index contributed by atoms with van der Waals surface area (Å²) in [6.45, 7) is 9.04. The smallest absolute Gasteiger partial charge is 0.190 e. The van der Waals surface area contributed by atoms with Crippen LogP contribution in [0.4, 0.5) is 0 Å². The molecule has 0 unspecified atom stereocenters. The fraction of sp³-hybridized carbons (Fsp3) is 0.882.